The zero-order valence-corrected chi connectivity index (χ0v) is 15.7. The van der Waals surface area contributed by atoms with Gasteiger partial charge in [-0.15, -0.1) is 0 Å². The number of aryl methyl sites for hydroxylation is 1. The van der Waals surface area contributed by atoms with E-state index in [4.69, 9.17) is 22.3 Å². The van der Waals surface area contributed by atoms with Gasteiger partial charge in [-0.1, -0.05) is 72.3 Å². The summed E-state index contributed by atoms with van der Waals surface area (Å²) in [6.07, 6.45) is 4.19. The molecule has 2 N–H and O–H groups in total. The van der Waals surface area contributed by atoms with Crippen LogP contribution in [0.25, 0.3) is 22.9 Å². The molecule has 0 saturated heterocycles. The summed E-state index contributed by atoms with van der Waals surface area (Å²) in [5.74, 6) is 0. The molecule has 3 heteroatoms. The molecule has 0 aliphatic heterocycles. The van der Waals surface area contributed by atoms with Gasteiger partial charge in [-0.3, -0.25) is 0 Å². The maximum atomic E-state index is 6.54. The molecule has 3 aromatic carbocycles. The van der Waals surface area contributed by atoms with Crippen LogP contribution in [-0.4, -0.2) is 4.98 Å². The quantitative estimate of drug-likeness (QED) is 0.418. The van der Waals surface area contributed by atoms with Crippen molar-refractivity contribution in [2.24, 2.45) is 0 Å². The smallest absolute Gasteiger partial charge is 0.137 e. The summed E-state index contributed by atoms with van der Waals surface area (Å²) in [7, 11) is 0. The molecule has 132 valence electrons. The summed E-state index contributed by atoms with van der Waals surface area (Å²) < 4.78 is 0. The fourth-order valence-corrected chi connectivity index (χ4v) is 3.41. The van der Waals surface area contributed by atoms with Crippen molar-refractivity contribution in [3.8, 4) is 0 Å². The van der Waals surface area contributed by atoms with Crippen molar-refractivity contribution in [3.63, 3.8) is 0 Å². The van der Waals surface area contributed by atoms with E-state index in [1.54, 1.807) is 0 Å². The van der Waals surface area contributed by atoms with Gasteiger partial charge in [-0.05, 0) is 53.3 Å². The highest BCUT2D eigenvalue weighted by molar-refractivity contribution is 6.34. The van der Waals surface area contributed by atoms with Gasteiger partial charge in [0.1, 0.15) is 5.15 Å². The molecule has 2 nitrogen and oxygen atoms in total. The predicted molar refractivity (Wildman–Crippen MR) is 115 cm³/mol. The number of benzene rings is 3. The zero-order chi connectivity index (χ0) is 18.8. The summed E-state index contributed by atoms with van der Waals surface area (Å²) in [4.78, 5) is 4.70. The number of hydrogen-bond acceptors (Lipinski definition) is 2. The van der Waals surface area contributed by atoms with E-state index < -0.39 is 0 Å². The number of rotatable bonds is 2. The molecular formula is C24H19ClN2. The average molecular weight is 371 g/mol. The fourth-order valence-electron chi connectivity index (χ4n) is 3.17. The van der Waals surface area contributed by atoms with Crippen molar-refractivity contribution in [2.75, 3.05) is 5.73 Å². The van der Waals surface area contributed by atoms with Gasteiger partial charge in [0.05, 0.1) is 5.35 Å². The Kier molecular flexibility index (Phi) is 4.66. The minimum atomic E-state index is 0.487. The lowest BCUT2D eigenvalue weighted by Gasteiger charge is -2.07. The second-order valence-corrected chi connectivity index (χ2v) is 6.92. The first-order chi connectivity index (χ1) is 13.1. The molecule has 0 amide bonds. The van der Waals surface area contributed by atoms with Crippen LogP contribution in [0.2, 0.25) is 5.15 Å². The lowest BCUT2D eigenvalue weighted by molar-refractivity contribution is 1.25. The Morgan fingerprint density at radius 1 is 0.815 bits per heavy atom. The van der Waals surface area contributed by atoms with E-state index in [1.807, 2.05) is 55.5 Å². The van der Waals surface area contributed by atoms with Gasteiger partial charge < -0.3 is 5.73 Å². The summed E-state index contributed by atoms with van der Waals surface area (Å²) in [5.41, 5.74) is 10.1. The van der Waals surface area contributed by atoms with E-state index >= 15 is 0 Å². The molecule has 0 aliphatic carbocycles. The number of fused-ring (bicyclic) bond motifs is 1. The van der Waals surface area contributed by atoms with Crippen molar-refractivity contribution >= 4 is 40.2 Å². The van der Waals surface area contributed by atoms with E-state index in [-0.39, 0.29) is 0 Å². The van der Waals surface area contributed by atoms with Gasteiger partial charge in [0.15, 0.2) is 0 Å². The Morgan fingerprint density at radius 2 is 1.41 bits per heavy atom. The fraction of sp³-hybridized carbons (Fsp3) is 0.0417. The maximum Gasteiger partial charge on any atom is 0.137 e. The van der Waals surface area contributed by atoms with Crippen LogP contribution in [0.15, 0.2) is 72.8 Å². The van der Waals surface area contributed by atoms with Gasteiger partial charge in [0, 0.05) is 16.3 Å². The first-order valence-corrected chi connectivity index (χ1v) is 9.18. The molecule has 0 saturated carbocycles. The topological polar surface area (TPSA) is 38.9 Å². The van der Waals surface area contributed by atoms with Crippen molar-refractivity contribution in [3.05, 3.63) is 105 Å². The molecule has 1 heterocycles. The number of nitrogens with zero attached hydrogens (tertiary/aromatic N) is 1. The number of pyridine rings is 1. The van der Waals surface area contributed by atoms with Gasteiger partial charge in [-0.2, -0.15) is 0 Å². The van der Waals surface area contributed by atoms with Crippen LogP contribution >= 0.6 is 11.6 Å². The van der Waals surface area contributed by atoms with Gasteiger partial charge in [0.2, 0.25) is 0 Å². The maximum absolute atomic E-state index is 6.54. The molecule has 0 unspecified atom stereocenters. The summed E-state index contributed by atoms with van der Waals surface area (Å²) in [6.45, 7) is 1.98. The Labute approximate surface area is 163 Å². The van der Waals surface area contributed by atoms with Crippen LogP contribution in [0.3, 0.4) is 0 Å². The minimum absolute atomic E-state index is 0.487. The standard InChI is InChI=1S/C24H19ClN2/c1-16-12-21-19(15-22(16)26)20(13-17-8-4-2-5-9-17)23(27-24(21)25)14-18-10-6-3-7-11-18/h2-15H,26H2,1H3. The normalized spacial score (nSPS) is 12.7. The number of aromatic nitrogens is 1. The molecule has 27 heavy (non-hydrogen) atoms. The second kappa shape index (κ2) is 7.26. The Balaban J connectivity index is 2.15. The monoisotopic (exact) mass is 370 g/mol. The molecule has 0 aliphatic rings. The molecule has 1 aromatic heterocycles. The first kappa shape index (κ1) is 17.3. The molecule has 0 spiro atoms. The van der Waals surface area contributed by atoms with Crippen molar-refractivity contribution in [2.45, 2.75) is 6.92 Å². The third-order valence-electron chi connectivity index (χ3n) is 4.63. The van der Waals surface area contributed by atoms with E-state index in [1.165, 1.54) is 0 Å². The highest BCUT2D eigenvalue weighted by Crippen LogP contribution is 2.23. The lowest BCUT2D eigenvalue weighted by Crippen LogP contribution is -2.29. The average Bonchev–Trinajstić information content (AvgIpc) is 2.68. The van der Waals surface area contributed by atoms with E-state index in [9.17, 15) is 0 Å². The first-order valence-electron chi connectivity index (χ1n) is 8.81. The third-order valence-corrected chi connectivity index (χ3v) is 4.91. The Morgan fingerprint density at radius 3 is 2.04 bits per heavy atom. The lowest BCUT2D eigenvalue weighted by atomic mass is 10.0. The van der Waals surface area contributed by atoms with Gasteiger partial charge in [-0.25, -0.2) is 4.98 Å². The molecule has 0 radical (unpaired) electrons. The largest absolute Gasteiger partial charge is 0.398 e. The summed E-state index contributed by atoms with van der Waals surface area (Å²) in [5, 5.41) is 4.24. The molecule has 0 atom stereocenters. The third kappa shape index (κ3) is 3.57. The van der Waals surface area contributed by atoms with Crippen molar-refractivity contribution in [1.29, 1.82) is 0 Å². The molecule has 0 bridgehead atoms. The van der Waals surface area contributed by atoms with E-state index in [2.05, 4.69) is 36.4 Å². The molecule has 4 rings (SSSR count). The minimum Gasteiger partial charge on any atom is -0.398 e. The highest BCUT2D eigenvalue weighted by Gasteiger charge is 2.07. The van der Waals surface area contributed by atoms with Crippen LogP contribution in [0.4, 0.5) is 5.69 Å². The number of nitrogen functional groups attached to an aromatic ring is 1. The highest BCUT2D eigenvalue weighted by atomic mass is 35.5. The number of hydrogen-bond donors (Lipinski definition) is 1. The summed E-state index contributed by atoms with van der Waals surface area (Å²) in [6, 6.07) is 24.3. The predicted octanol–water partition coefficient (Wildman–Crippen LogP) is 4.44. The van der Waals surface area contributed by atoms with E-state index in [0.717, 1.165) is 43.7 Å². The van der Waals surface area contributed by atoms with Crippen LogP contribution < -0.4 is 16.3 Å². The Hall–Kier alpha value is -3.10. The molecule has 0 fully saturated rings. The van der Waals surface area contributed by atoms with Gasteiger partial charge in [0.25, 0.3) is 0 Å². The number of halogens is 1. The SMILES string of the molecule is Cc1cc2c(Cl)nc(=Cc3ccccc3)c(=Cc3ccccc3)c2cc1N. The Bertz CT molecular complexity index is 1230. The van der Waals surface area contributed by atoms with Crippen LogP contribution in [0.5, 0.6) is 0 Å². The van der Waals surface area contributed by atoms with Crippen LogP contribution in [0, 0.1) is 6.92 Å². The van der Waals surface area contributed by atoms with Crippen LogP contribution in [-0.2, 0) is 0 Å². The van der Waals surface area contributed by atoms with Crippen molar-refractivity contribution in [1.82, 2.24) is 4.98 Å². The second-order valence-electron chi connectivity index (χ2n) is 6.57. The summed E-state index contributed by atoms with van der Waals surface area (Å²) >= 11 is 6.54. The zero-order valence-electron chi connectivity index (χ0n) is 15.0. The molecular weight excluding hydrogens is 352 g/mol. The van der Waals surface area contributed by atoms with Crippen molar-refractivity contribution < 1.29 is 0 Å². The molecule has 4 aromatic rings. The van der Waals surface area contributed by atoms with Crippen LogP contribution in [0.1, 0.15) is 16.7 Å². The number of nitrogens with two attached hydrogens (primary N) is 1. The van der Waals surface area contributed by atoms with E-state index in [0.29, 0.717) is 5.15 Å². The van der Waals surface area contributed by atoms with Gasteiger partial charge >= 0.3 is 0 Å². The number of anilines is 1.